The SMILES string of the molecule is CCCCN(Cc1cccn1Cc1cccc(C(F)(F)F)c1)C(=O)CN(CC)C(=O)C(Cl)Cl. The van der Waals surface area contributed by atoms with E-state index < -0.39 is 22.5 Å². The van der Waals surface area contributed by atoms with Gasteiger partial charge in [-0.1, -0.05) is 48.7 Å². The topological polar surface area (TPSA) is 45.6 Å². The van der Waals surface area contributed by atoms with Gasteiger partial charge in [-0.25, -0.2) is 0 Å². The van der Waals surface area contributed by atoms with Crippen LogP contribution in [0.4, 0.5) is 13.2 Å². The fourth-order valence-electron chi connectivity index (χ4n) is 3.37. The minimum Gasteiger partial charge on any atom is -0.345 e. The predicted octanol–water partition coefficient (Wildman–Crippen LogP) is 5.34. The zero-order valence-electron chi connectivity index (χ0n) is 18.6. The molecule has 1 aromatic heterocycles. The summed E-state index contributed by atoms with van der Waals surface area (Å²) in [7, 11) is 0. The summed E-state index contributed by atoms with van der Waals surface area (Å²) in [6.07, 6.45) is -0.997. The van der Waals surface area contributed by atoms with Crippen LogP contribution in [0.25, 0.3) is 0 Å². The van der Waals surface area contributed by atoms with E-state index in [1.54, 1.807) is 30.2 Å². The van der Waals surface area contributed by atoms with Crippen LogP contribution in [0.2, 0.25) is 0 Å². The van der Waals surface area contributed by atoms with E-state index in [4.69, 9.17) is 23.2 Å². The van der Waals surface area contributed by atoms with Crippen molar-refractivity contribution in [3.05, 3.63) is 59.4 Å². The van der Waals surface area contributed by atoms with Gasteiger partial charge in [0.25, 0.3) is 5.91 Å². The molecule has 10 heteroatoms. The Hall–Kier alpha value is -2.19. The largest absolute Gasteiger partial charge is 0.416 e. The number of alkyl halides is 5. The van der Waals surface area contributed by atoms with Crippen molar-refractivity contribution in [2.24, 2.45) is 0 Å². The molecule has 1 heterocycles. The number of halogens is 5. The Bertz CT molecular complexity index is 932. The molecule has 0 saturated heterocycles. The van der Waals surface area contributed by atoms with Gasteiger partial charge in [0, 0.05) is 31.5 Å². The van der Waals surface area contributed by atoms with Gasteiger partial charge in [0.15, 0.2) is 4.84 Å². The summed E-state index contributed by atoms with van der Waals surface area (Å²) in [5.74, 6) is -0.781. The van der Waals surface area contributed by atoms with Crippen LogP contribution in [0, 0.1) is 0 Å². The van der Waals surface area contributed by atoms with Gasteiger partial charge in [0.05, 0.1) is 18.7 Å². The van der Waals surface area contributed by atoms with Gasteiger partial charge in [-0.05, 0) is 43.2 Å². The van der Waals surface area contributed by atoms with Gasteiger partial charge in [-0.15, -0.1) is 0 Å². The van der Waals surface area contributed by atoms with E-state index in [0.717, 1.165) is 30.7 Å². The lowest BCUT2D eigenvalue weighted by atomic mass is 10.1. The first kappa shape index (κ1) is 27.1. The van der Waals surface area contributed by atoms with Gasteiger partial charge in [0.1, 0.15) is 0 Å². The molecule has 2 amide bonds. The number of likely N-dealkylation sites (N-methyl/N-ethyl adjacent to an activating group) is 1. The molecule has 0 aliphatic carbocycles. The Morgan fingerprint density at radius 3 is 2.42 bits per heavy atom. The molecule has 0 aliphatic heterocycles. The molecule has 0 bridgehead atoms. The summed E-state index contributed by atoms with van der Waals surface area (Å²) in [6.45, 7) is 4.87. The summed E-state index contributed by atoms with van der Waals surface area (Å²) in [5.41, 5.74) is 0.584. The normalized spacial score (nSPS) is 11.6. The molecule has 1 aromatic carbocycles. The Kier molecular flexibility index (Phi) is 10.1. The molecule has 0 saturated carbocycles. The average Bonchev–Trinajstić information content (AvgIpc) is 3.20. The van der Waals surface area contributed by atoms with Crippen LogP contribution < -0.4 is 0 Å². The number of carbonyl (C=O) groups is 2. The second-order valence-electron chi connectivity index (χ2n) is 7.65. The highest BCUT2D eigenvalue weighted by Gasteiger charge is 2.30. The lowest BCUT2D eigenvalue weighted by molar-refractivity contribution is -0.140. The molecule has 2 rings (SSSR count). The smallest absolute Gasteiger partial charge is 0.345 e. The number of nitrogens with zero attached hydrogens (tertiary/aromatic N) is 3. The van der Waals surface area contributed by atoms with E-state index in [9.17, 15) is 22.8 Å². The van der Waals surface area contributed by atoms with Gasteiger partial charge >= 0.3 is 6.18 Å². The van der Waals surface area contributed by atoms with Crippen LogP contribution in [0.5, 0.6) is 0 Å². The molecule has 182 valence electrons. The second-order valence-corrected chi connectivity index (χ2v) is 8.74. The molecule has 0 fully saturated rings. The maximum Gasteiger partial charge on any atom is 0.416 e. The molecule has 0 atom stereocenters. The van der Waals surface area contributed by atoms with Crippen LogP contribution >= 0.6 is 23.2 Å². The molecular weight excluding hydrogens is 478 g/mol. The number of aromatic nitrogens is 1. The van der Waals surface area contributed by atoms with Crippen LogP contribution in [-0.2, 0) is 28.9 Å². The molecule has 0 radical (unpaired) electrons. The summed E-state index contributed by atoms with van der Waals surface area (Å²) in [5, 5.41) is 0. The number of hydrogen-bond donors (Lipinski definition) is 0. The van der Waals surface area contributed by atoms with Gasteiger partial charge in [-0.2, -0.15) is 13.2 Å². The molecule has 0 N–H and O–H groups in total. The Morgan fingerprint density at radius 2 is 1.82 bits per heavy atom. The Labute approximate surface area is 202 Å². The molecule has 0 aliphatic rings. The third-order valence-corrected chi connectivity index (χ3v) is 5.60. The molecule has 0 unspecified atom stereocenters. The first-order valence-electron chi connectivity index (χ1n) is 10.7. The van der Waals surface area contributed by atoms with Crippen molar-refractivity contribution in [3.63, 3.8) is 0 Å². The quantitative estimate of drug-likeness (QED) is 0.387. The van der Waals surface area contributed by atoms with E-state index in [2.05, 4.69) is 0 Å². The van der Waals surface area contributed by atoms with Crippen LogP contribution in [0.15, 0.2) is 42.6 Å². The zero-order valence-corrected chi connectivity index (χ0v) is 20.1. The zero-order chi connectivity index (χ0) is 24.6. The van der Waals surface area contributed by atoms with Crippen LogP contribution in [0.1, 0.15) is 43.5 Å². The maximum atomic E-state index is 13.0. The molecule has 5 nitrogen and oxygen atoms in total. The number of unbranched alkanes of at least 4 members (excludes halogenated alkanes) is 1. The van der Waals surface area contributed by atoms with Crippen molar-refractivity contribution in [2.45, 2.75) is 50.8 Å². The van der Waals surface area contributed by atoms with Crippen LogP contribution in [0.3, 0.4) is 0 Å². The highest BCUT2D eigenvalue weighted by atomic mass is 35.5. The third kappa shape index (κ3) is 7.96. The van der Waals surface area contributed by atoms with Crippen molar-refractivity contribution in [1.82, 2.24) is 14.4 Å². The minimum atomic E-state index is -4.41. The summed E-state index contributed by atoms with van der Waals surface area (Å²) >= 11 is 11.4. The lowest BCUT2D eigenvalue weighted by Crippen LogP contribution is -2.44. The number of amides is 2. The minimum absolute atomic E-state index is 0.149. The van der Waals surface area contributed by atoms with Crippen molar-refractivity contribution >= 4 is 35.0 Å². The fourth-order valence-corrected chi connectivity index (χ4v) is 3.65. The monoisotopic (exact) mass is 505 g/mol. The molecule has 2 aromatic rings. The van der Waals surface area contributed by atoms with Gasteiger partial charge in [-0.3, -0.25) is 9.59 Å². The van der Waals surface area contributed by atoms with E-state index >= 15 is 0 Å². The van der Waals surface area contributed by atoms with E-state index in [1.165, 1.54) is 11.0 Å². The average molecular weight is 506 g/mol. The highest BCUT2D eigenvalue weighted by molar-refractivity contribution is 6.53. The second kappa shape index (κ2) is 12.3. The Balaban J connectivity index is 2.18. The molecular formula is C23H28Cl2F3N3O2. The van der Waals surface area contributed by atoms with E-state index in [-0.39, 0.29) is 32.1 Å². The Morgan fingerprint density at radius 1 is 1.09 bits per heavy atom. The first-order valence-corrected chi connectivity index (χ1v) is 11.6. The van der Waals surface area contributed by atoms with Crippen molar-refractivity contribution < 1.29 is 22.8 Å². The number of benzene rings is 1. The summed E-state index contributed by atoms with van der Waals surface area (Å²) in [6, 6.07) is 8.81. The van der Waals surface area contributed by atoms with Crippen molar-refractivity contribution in [2.75, 3.05) is 19.6 Å². The number of rotatable bonds is 11. The van der Waals surface area contributed by atoms with E-state index in [1.807, 2.05) is 17.6 Å². The van der Waals surface area contributed by atoms with Gasteiger partial charge in [0.2, 0.25) is 5.91 Å². The third-order valence-electron chi connectivity index (χ3n) is 5.22. The van der Waals surface area contributed by atoms with Crippen LogP contribution in [-0.4, -0.2) is 50.7 Å². The van der Waals surface area contributed by atoms with Crippen molar-refractivity contribution in [1.29, 1.82) is 0 Å². The first-order chi connectivity index (χ1) is 15.6. The maximum absolute atomic E-state index is 13.0. The summed E-state index contributed by atoms with van der Waals surface area (Å²) < 4.78 is 41.0. The lowest BCUT2D eigenvalue weighted by Gasteiger charge is -2.28. The van der Waals surface area contributed by atoms with Gasteiger partial charge < -0.3 is 14.4 Å². The van der Waals surface area contributed by atoms with Crippen molar-refractivity contribution in [3.8, 4) is 0 Å². The summed E-state index contributed by atoms with van der Waals surface area (Å²) in [4.78, 5) is 26.8. The standard InChI is InChI=1S/C23H28Cl2F3N3O2/c1-3-5-11-31(20(32)16-29(4-2)22(33)21(24)25)15-19-10-7-12-30(19)14-17-8-6-9-18(13-17)23(26,27)28/h6-10,12-13,21H,3-5,11,14-16H2,1-2H3. The fraction of sp³-hybridized carbons (Fsp3) is 0.478. The predicted molar refractivity (Wildman–Crippen MR) is 123 cm³/mol. The number of hydrogen-bond acceptors (Lipinski definition) is 2. The van der Waals surface area contributed by atoms with E-state index in [0.29, 0.717) is 12.1 Å². The highest BCUT2D eigenvalue weighted by Crippen LogP contribution is 2.29. The molecule has 0 spiro atoms. The number of carbonyl (C=O) groups excluding carboxylic acids is 2. The molecule has 33 heavy (non-hydrogen) atoms.